The van der Waals surface area contributed by atoms with Gasteiger partial charge in [0.1, 0.15) is 6.61 Å². The summed E-state index contributed by atoms with van der Waals surface area (Å²) in [6.45, 7) is 4.12. The van der Waals surface area contributed by atoms with E-state index >= 15 is 0 Å². The second-order valence-corrected chi connectivity index (χ2v) is 9.81. The van der Waals surface area contributed by atoms with E-state index in [1.165, 1.54) is 0 Å². The van der Waals surface area contributed by atoms with E-state index < -0.39 is 23.8 Å². The lowest BCUT2D eigenvalue weighted by Gasteiger charge is -2.16. The SMILES string of the molecule is CCCC(=O)Nc1ccc2c(c1)C(COC(=O)On1c(O)ccc1O)c1cc(NC(=O)CCCC(=O)NCC)ccc1-2. The standard InChI is InChI=1S/C30H34N4O8/c1-3-6-26(36)32-18-9-11-20-21-12-10-19(33-27(37)8-5-7-25(35)31-4-2)16-23(21)24(22(20)15-18)17-41-30(40)42-34-28(38)13-14-29(34)39/h9-16,24,38-39H,3-8,17H2,1-2H3,(H,31,35)(H,32,36)(H,33,37). The fourth-order valence-corrected chi connectivity index (χ4v) is 4.81. The molecule has 0 saturated heterocycles. The number of amides is 3. The van der Waals surface area contributed by atoms with Crippen LogP contribution in [0.3, 0.4) is 0 Å². The number of hydrogen-bond donors (Lipinski definition) is 5. The number of nitrogens with one attached hydrogen (secondary N) is 3. The van der Waals surface area contributed by atoms with Gasteiger partial charge in [-0.05, 0) is 66.3 Å². The molecule has 0 spiro atoms. The Hall–Kier alpha value is -5.00. The van der Waals surface area contributed by atoms with Gasteiger partial charge in [-0.25, -0.2) is 4.79 Å². The van der Waals surface area contributed by atoms with Crippen LogP contribution in [0.25, 0.3) is 11.1 Å². The van der Waals surface area contributed by atoms with Gasteiger partial charge < -0.3 is 30.9 Å². The highest BCUT2D eigenvalue weighted by molar-refractivity contribution is 5.94. The molecule has 12 heteroatoms. The Morgan fingerprint density at radius 1 is 0.786 bits per heavy atom. The van der Waals surface area contributed by atoms with E-state index in [4.69, 9.17) is 9.57 Å². The van der Waals surface area contributed by atoms with Gasteiger partial charge in [-0.2, -0.15) is 0 Å². The Kier molecular flexibility index (Phi) is 9.69. The fourth-order valence-electron chi connectivity index (χ4n) is 4.81. The Bertz CT molecular complexity index is 1460. The molecule has 1 unspecified atom stereocenters. The number of rotatable bonds is 12. The number of nitrogens with zero attached hydrogens (tertiary/aromatic N) is 1. The summed E-state index contributed by atoms with van der Waals surface area (Å²) in [7, 11) is 0. The number of anilines is 2. The van der Waals surface area contributed by atoms with Crippen LogP contribution < -0.4 is 20.8 Å². The van der Waals surface area contributed by atoms with Crippen LogP contribution in [0.2, 0.25) is 0 Å². The van der Waals surface area contributed by atoms with Crippen molar-refractivity contribution in [1.29, 1.82) is 0 Å². The highest BCUT2D eigenvalue weighted by Gasteiger charge is 2.31. The zero-order valence-electron chi connectivity index (χ0n) is 23.4. The van der Waals surface area contributed by atoms with Crippen molar-refractivity contribution in [2.75, 3.05) is 23.8 Å². The normalized spacial score (nSPS) is 13.0. The highest BCUT2D eigenvalue weighted by atomic mass is 16.8. The van der Waals surface area contributed by atoms with Gasteiger partial charge in [0.05, 0.1) is 0 Å². The Morgan fingerprint density at radius 3 is 1.88 bits per heavy atom. The largest absolute Gasteiger partial charge is 0.534 e. The smallest absolute Gasteiger partial charge is 0.492 e. The lowest BCUT2D eigenvalue weighted by molar-refractivity contribution is -0.121. The number of carbonyl (C=O) groups is 4. The van der Waals surface area contributed by atoms with Crippen LogP contribution in [-0.2, 0) is 19.1 Å². The minimum Gasteiger partial charge on any atom is -0.492 e. The summed E-state index contributed by atoms with van der Waals surface area (Å²) < 4.78 is 5.91. The maximum atomic E-state index is 12.6. The lowest BCUT2D eigenvalue weighted by atomic mass is 9.97. The predicted molar refractivity (Wildman–Crippen MR) is 154 cm³/mol. The van der Waals surface area contributed by atoms with Crippen molar-refractivity contribution in [2.24, 2.45) is 0 Å². The Balaban J connectivity index is 1.53. The van der Waals surface area contributed by atoms with E-state index in [1.807, 2.05) is 32.0 Å². The van der Waals surface area contributed by atoms with Crippen LogP contribution in [0.4, 0.5) is 16.2 Å². The molecule has 1 atom stereocenters. The third-order valence-corrected chi connectivity index (χ3v) is 6.70. The van der Waals surface area contributed by atoms with Gasteiger partial charge in [0.2, 0.25) is 29.5 Å². The molecular formula is C30H34N4O8. The topological polar surface area (TPSA) is 168 Å². The Morgan fingerprint density at radius 2 is 1.33 bits per heavy atom. The zero-order valence-corrected chi connectivity index (χ0v) is 23.4. The summed E-state index contributed by atoms with van der Waals surface area (Å²) in [5.41, 5.74) is 4.45. The molecule has 0 fully saturated rings. The van der Waals surface area contributed by atoms with Crippen molar-refractivity contribution in [3.8, 4) is 22.9 Å². The first-order chi connectivity index (χ1) is 20.2. The molecule has 2 aromatic carbocycles. The summed E-state index contributed by atoms with van der Waals surface area (Å²) in [6, 6.07) is 13.2. The minimum atomic E-state index is -1.16. The van der Waals surface area contributed by atoms with E-state index in [-0.39, 0.29) is 37.2 Å². The van der Waals surface area contributed by atoms with Crippen molar-refractivity contribution in [1.82, 2.24) is 10.0 Å². The summed E-state index contributed by atoms with van der Waals surface area (Å²) in [5, 5.41) is 28.0. The van der Waals surface area contributed by atoms with Crippen molar-refractivity contribution >= 4 is 35.3 Å². The van der Waals surface area contributed by atoms with Gasteiger partial charge >= 0.3 is 6.16 Å². The zero-order chi connectivity index (χ0) is 30.2. The van der Waals surface area contributed by atoms with Gasteiger partial charge in [-0.3, -0.25) is 19.2 Å². The van der Waals surface area contributed by atoms with E-state index in [0.717, 1.165) is 34.4 Å². The van der Waals surface area contributed by atoms with Crippen LogP contribution in [0.1, 0.15) is 63.0 Å². The first kappa shape index (κ1) is 30.0. The van der Waals surface area contributed by atoms with Gasteiger partial charge in [0.25, 0.3) is 0 Å². The number of ether oxygens (including phenoxy) is 1. The molecule has 222 valence electrons. The molecule has 12 nitrogen and oxygen atoms in total. The Labute approximate surface area is 242 Å². The number of fused-ring (bicyclic) bond motifs is 3. The molecule has 1 heterocycles. The van der Waals surface area contributed by atoms with Crippen LogP contribution in [-0.4, -0.2) is 52.0 Å². The highest BCUT2D eigenvalue weighted by Crippen LogP contribution is 2.47. The molecule has 1 aromatic heterocycles. The number of aromatic hydroxyl groups is 2. The van der Waals surface area contributed by atoms with Gasteiger partial charge in [0.15, 0.2) is 0 Å². The van der Waals surface area contributed by atoms with Gasteiger partial charge in [0, 0.05) is 55.2 Å². The fraction of sp³-hybridized carbons (Fsp3) is 0.333. The average molecular weight is 579 g/mol. The van der Waals surface area contributed by atoms with Gasteiger partial charge in [-0.15, -0.1) is 4.73 Å². The molecule has 4 rings (SSSR count). The molecule has 0 bridgehead atoms. The molecule has 3 aromatic rings. The second kappa shape index (κ2) is 13.6. The van der Waals surface area contributed by atoms with Crippen LogP contribution in [0.5, 0.6) is 11.8 Å². The first-order valence-electron chi connectivity index (χ1n) is 13.8. The van der Waals surface area contributed by atoms with Crippen LogP contribution in [0.15, 0.2) is 48.5 Å². The number of aromatic nitrogens is 1. The lowest BCUT2D eigenvalue weighted by Crippen LogP contribution is -2.23. The summed E-state index contributed by atoms with van der Waals surface area (Å²) >= 11 is 0. The maximum Gasteiger partial charge on any atom is 0.534 e. The minimum absolute atomic E-state index is 0.102. The second-order valence-electron chi connectivity index (χ2n) is 9.81. The molecule has 3 amide bonds. The van der Waals surface area contributed by atoms with Crippen molar-refractivity contribution in [3.05, 3.63) is 59.7 Å². The average Bonchev–Trinajstić information content (AvgIpc) is 3.42. The van der Waals surface area contributed by atoms with E-state index in [9.17, 15) is 29.4 Å². The predicted octanol–water partition coefficient (Wildman–Crippen LogP) is 4.26. The summed E-state index contributed by atoms with van der Waals surface area (Å²) in [6.07, 6.45) is 0.759. The molecule has 0 aliphatic heterocycles. The van der Waals surface area contributed by atoms with E-state index in [0.29, 0.717) is 41.9 Å². The third kappa shape index (κ3) is 7.19. The molecule has 1 aliphatic carbocycles. The summed E-state index contributed by atoms with van der Waals surface area (Å²) in [5.74, 6) is -1.91. The monoisotopic (exact) mass is 578 g/mol. The van der Waals surface area contributed by atoms with E-state index in [2.05, 4.69) is 16.0 Å². The van der Waals surface area contributed by atoms with Crippen molar-refractivity contribution in [2.45, 2.75) is 51.9 Å². The number of benzene rings is 2. The first-order valence-corrected chi connectivity index (χ1v) is 13.8. The molecular weight excluding hydrogens is 544 g/mol. The third-order valence-electron chi connectivity index (χ3n) is 6.70. The molecule has 5 N–H and O–H groups in total. The molecule has 0 saturated carbocycles. The van der Waals surface area contributed by atoms with Crippen LogP contribution >= 0.6 is 0 Å². The van der Waals surface area contributed by atoms with Crippen molar-refractivity contribution < 1.29 is 39.0 Å². The molecule has 1 aliphatic rings. The van der Waals surface area contributed by atoms with Crippen LogP contribution in [0, 0.1) is 0 Å². The number of carbonyl (C=O) groups excluding carboxylic acids is 4. The van der Waals surface area contributed by atoms with E-state index in [1.54, 1.807) is 18.2 Å². The van der Waals surface area contributed by atoms with Crippen molar-refractivity contribution in [3.63, 3.8) is 0 Å². The molecule has 42 heavy (non-hydrogen) atoms. The number of hydrogen-bond acceptors (Lipinski definition) is 8. The maximum absolute atomic E-state index is 12.6. The van der Waals surface area contributed by atoms with Gasteiger partial charge in [-0.1, -0.05) is 19.1 Å². The summed E-state index contributed by atoms with van der Waals surface area (Å²) in [4.78, 5) is 53.8. The molecule has 0 radical (unpaired) electrons. The quantitative estimate of drug-likeness (QED) is 0.199.